The minimum atomic E-state index is -3.67. The first-order valence-electron chi connectivity index (χ1n) is 10.9. The minimum absolute atomic E-state index is 0.0276. The van der Waals surface area contributed by atoms with E-state index in [-0.39, 0.29) is 23.9 Å². The number of hydrogen-bond acceptors (Lipinski definition) is 7. The number of carbonyl (C=O) groups excluding carboxylic acids is 1. The van der Waals surface area contributed by atoms with Crippen molar-refractivity contribution in [2.45, 2.75) is 30.3 Å². The molecule has 3 heterocycles. The van der Waals surface area contributed by atoms with Crippen LogP contribution in [0.25, 0.3) is 0 Å². The zero-order valence-corrected chi connectivity index (χ0v) is 18.6. The molecule has 0 bridgehead atoms. The normalized spacial score (nSPS) is 19.3. The Morgan fingerprint density at radius 1 is 1.03 bits per heavy atom. The van der Waals surface area contributed by atoms with Gasteiger partial charge in [0.15, 0.2) is 11.5 Å². The third kappa shape index (κ3) is 4.48. The summed E-state index contributed by atoms with van der Waals surface area (Å²) in [7, 11) is -3.67. The van der Waals surface area contributed by atoms with Crippen LogP contribution in [0.5, 0.6) is 11.5 Å². The van der Waals surface area contributed by atoms with Gasteiger partial charge in [0, 0.05) is 38.3 Å². The average Bonchev–Trinajstić information content (AvgIpc) is 3.54. The standard InChI is InChI=1S/C22H27N3O6S/c26-22(16-24(17-3-4-17)15-18-2-1-11-29-18)23-7-9-25(10-8-23)32(27,28)19-5-6-20-21(14-19)31-13-12-30-20/h1-2,5-6,11,14,17H,3-4,7-10,12-13,15-16H2. The van der Waals surface area contributed by atoms with Gasteiger partial charge in [-0.3, -0.25) is 9.69 Å². The highest BCUT2D eigenvalue weighted by molar-refractivity contribution is 7.89. The first-order valence-corrected chi connectivity index (χ1v) is 12.4. The third-order valence-corrected chi connectivity index (χ3v) is 7.98. The molecule has 2 fully saturated rings. The first kappa shape index (κ1) is 21.3. The lowest BCUT2D eigenvalue weighted by molar-refractivity contribution is -0.134. The van der Waals surface area contributed by atoms with E-state index in [1.165, 1.54) is 10.4 Å². The van der Waals surface area contributed by atoms with E-state index in [1.54, 1.807) is 23.3 Å². The monoisotopic (exact) mass is 461 g/mol. The molecule has 1 saturated carbocycles. The number of fused-ring (bicyclic) bond motifs is 1. The molecular formula is C22H27N3O6S. The fraction of sp³-hybridized carbons (Fsp3) is 0.500. The molecule has 0 radical (unpaired) electrons. The summed E-state index contributed by atoms with van der Waals surface area (Å²) in [4.78, 5) is 17.0. The molecule has 32 heavy (non-hydrogen) atoms. The molecule has 172 valence electrons. The topological polar surface area (TPSA) is 92.5 Å². The maximum Gasteiger partial charge on any atom is 0.243 e. The first-order chi connectivity index (χ1) is 15.5. The summed E-state index contributed by atoms with van der Waals surface area (Å²) in [5.41, 5.74) is 0. The Morgan fingerprint density at radius 3 is 2.47 bits per heavy atom. The quantitative estimate of drug-likeness (QED) is 0.618. The van der Waals surface area contributed by atoms with Crippen LogP contribution >= 0.6 is 0 Å². The highest BCUT2D eigenvalue weighted by Crippen LogP contribution is 2.33. The second kappa shape index (κ2) is 8.76. The lowest BCUT2D eigenvalue weighted by Gasteiger charge is -2.35. The van der Waals surface area contributed by atoms with Crippen LogP contribution in [0.4, 0.5) is 0 Å². The van der Waals surface area contributed by atoms with E-state index in [0.717, 1.165) is 18.6 Å². The van der Waals surface area contributed by atoms with Crippen LogP contribution in [0.3, 0.4) is 0 Å². The molecule has 1 saturated heterocycles. The van der Waals surface area contributed by atoms with Crippen molar-refractivity contribution in [1.82, 2.24) is 14.1 Å². The molecule has 1 amide bonds. The number of carbonyl (C=O) groups is 1. The number of benzene rings is 1. The van der Waals surface area contributed by atoms with E-state index in [2.05, 4.69) is 4.90 Å². The smallest absolute Gasteiger partial charge is 0.243 e. The molecule has 2 aromatic rings. The van der Waals surface area contributed by atoms with Gasteiger partial charge in [-0.1, -0.05) is 0 Å². The summed E-state index contributed by atoms with van der Waals surface area (Å²) in [6.07, 6.45) is 3.83. The minimum Gasteiger partial charge on any atom is -0.486 e. The Bertz CT molecular complexity index is 1060. The van der Waals surface area contributed by atoms with Gasteiger partial charge in [-0.05, 0) is 37.1 Å². The summed E-state index contributed by atoms with van der Waals surface area (Å²) in [5, 5.41) is 0. The Hall–Kier alpha value is -2.56. The lowest BCUT2D eigenvalue weighted by Crippen LogP contribution is -2.52. The van der Waals surface area contributed by atoms with E-state index in [0.29, 0.717) is 56.9 Å². The number of ether oxygens (including phenoxy) is 2. The molecular weight excluding hydrogens is 434 g/mol. The molecule has 10 heteroatoms. The van der Waals surface area contributed by atoms with E-state index in [9.17, 15) is 13.2 Å². The summed E-state index contributed by atoms with van der Waals surface area (Å²) in [6.45, 7) is 3.07. The second-order valence-electron chi connectivity index (χ2n) is 8.31. The van der Waals surface area contributed by atoms with Crippen LogP contribution in [0.2, 0.25) is 0 Å². The van der Waals surface area contributed by atoms with E-state index in [1.807, 2.05) is 12.1 Å². The average molecular weight is 462 g/mol. The van der Waals surface area contributed by atoms with Crippen LogP contribution in [0.1, 0.15) is 18.6 Å². The SMILES string of the molecule is O=C(CN(Cc1ccco1)C1CC1)N1CCN(S(=O)(=O)c2ccc3c(c2)OCCO3)CC1. The fourth-order valence-corrected chi connectivity index (χ4v) is 5.58. The second-order valence-corrected chi connectivity index (χ2v) is 10.2. The van der Waals surface area contributed by atoms with Gasteiger partial charge < -0.3 is 18.8 Å². The van der Waals surface area contributed by atoms with E-state index in [4.69, 9.17) is 13.9 Å². The number of nitrogens with zero attached hydrogens (tertiary/aromatic N) is 3. The largest absolute Gasteiger partial charge is 0.486 e. The number of furan rings is 1. The van der Waals surface area contributed by atoms with E-state index >= 15 is 0 Å². The predicted octanol–water partition coefficient (Wildman–Crippen LogP) is 1.55. The molecule has 5 rings (SSSR count). The van der Waals surface area contributed by atoms with Gasteiger partial charge in [0.1, 0.15) is 19.0 Å². The molecule has 1 aromatic carbocycles. The van der Waals surface area contributed by atoms with Crippen LogP contribution in [-0.2, 0) is 21.4 Å². The highest BCUT2D eigenvalue weighted by Gasteiger charge is 2.34. The van der Waals surface area contributed by atoms with Crippen molar-refractivity contribution >= 4 is 15.9 Å². The van der Waals surface area contributed by atoms with E-state index < -0.39 is 10.0 Å². The van der Waals surface area contributed by atoms with Gasteiger partial charge in [-0.2, -0.15) is 4.31 Å². The van der Waals surface area contributed by atoms with Crippen molar-refractivity contribution in [1.29, 1.82) is 0 Å². The molecule has 0 N–H and O–H groups in total. The number of sulfonamides is 1. The Balaban J connectivity index is 1.19. The maximum absolute atomic E-state index is 13.1. The fourth-order valence-electron chi connectivity index (χ4n) is 4.14. The van der Waals surface area contributed by atoms with Crippen molar-refractivity contribution in [2.24, 2.45) is 0 Å². The molecule has 9 nitrogen and oxygen atoms in total. The molecule has 1 aliphatic carbocycles. The van der Waals surface area contributed by atoms with Gasteiger partial charge in [0.05, 0.1) is 24.2 Å². The Labute approximate surface area is 187 Å². The molecule has 0 atom stereocenters. The molecule has 0 unspecified atom stereocenters. The van der Waals surface area contributed by atoms with Crippen molar-refractivity contribution in [3.05, 3.63) is 42.4 Å². The van der Waals surface area contributed by atoms with Crippen molar-refractivity contribution in [3.63, 3.8) is 0 Å². The third-order valence-electron chi connectivity index (χ3n) is 6.08. The van der Waals surface area contributed by atoms with Crippen molar-refractivity contribution in [3.8, 4) is 11.5 Å². The van der Waals surface area contributed by atoms with Gasteiger partial charge in [-0.25, -0.2) is 8.42 Å². The summed E-state index contributed by atoms with van der Waals surface area (Å²) in [5.74, 6) is 1.88. The molecule has 3 aliphatic rings. The van der Waals surface area contributed by atoms with Gasteiger partial charge >= 0.3 is 0 Å². The number of hydrogen-bond donors (Lipinski definition) is 0. The number of piperazine rings is 1. The molecule has 2 aliphatic heterocycles. The van der Waals surface area contributed by atoms with Gasteiger partial charge in [0.2, 0.25) is 15.9 Å². The van der Waals surface area contributed by atoms with Crippen LogP contribution < -0.4 is 9.47 Å². The lowest BCUT2D eigenvalue weighted by atomic mass is 10.3. The zero-order valence-electron chi connectivity index (χ0n) is 17.8. The Morgan fingerprint density at radius 2 is 1.78 bits per heavy atom. The number of amides is 1. The summed E-state index contributed by atoms with van der Waals surface area (Å²) < 4.78 is 44.1. The Kier molecular flexibility index (Phi) is 5.83. The van der Waals surface area contributed by atoms with Crippen LogP contribution in [0.15, 0.2) is 45.9 Å². The summed E-state index contributed by atoms with van der Waals surface area (Å²) >= 11 is 0. The zero-order chi connectivity index (χ0) is 22.1. The van der Waals surface area contributed by atoms with Crippen LogP contribution in [-0.4, -0.2) is 80.4 Å². The van der Waals surface area contributed by atoms with Crippen molar-refractivity contribution < 1.29 is 27.1 Å². The summed E-state index contributed by atoms with van der Waals surface area (Å²) in [6, 6.07) is 8.88. The van der Waals surface area contributed by atoms with Crippen molar-refractivity contribution in [2.75, 3.05) is 45.9 Å². The molecule has 1 aromatic heterocycles. The van der Waals surface area contributed by atoms with Gasteiger partial charge in [-0.15, -0.1) is 0 Å². The highest BCUT2D eigenvalue weighted by atomic mass is 32.2. The van der Waals surface area contributed by atoms with Crippen LogP contribution in [0, 0.1) is 0 Å². The predicted molar refractivity (Wildman–Crippen MR) is 115 cm³/mol. The number of rotatable bonds is 7. The van der Waals surface area contributed by atoms with Gasteiger partial charge in [0.25, 0.3) is 0 Å². The molecule has 0 spiro atoms. The maximum atomic E-state index is 13.1.